The van der Waals surface area contributed by atoms with Gasteiger partial charge in [-0.2, -0.15) is 5.10 Å². The lowest BCUT2D eigenvalue weighted by Crippen LogP contribution is -2.25. The van der Waals surface area contributed by atoms with Gasteiger partial charge in [0.25, 0.3) is 5.91 Å². The van der Waals surface area contributed by atoms with Crippen LogP contribution >= 0.6 is 0 Å². The molecule has 0 aliphatic rings. The fourth-order valence-corrected chi connectivity index (χ4v) is 2.84. The average Bonchev–Trinajstić information content (AvgIpc) is 3.27. The van der Waals surface area contributed by atoms with Gasteiger partial charge < -0.3 is 9.73 Å². The molecule has 1 amide bonds. The number of oxazole rings is 1. The van der Waals surface area contributed by atoms with Crippen LogP contribution in [-0.2, 0) is 13.5 Å². The van der Waals surface area contributed by atoms with Gasteiger partial charge >= 0.3 is 0 Å². The topological polar surface area (TPSA) is 73.0 Å². The first kappa shape index (κ1) is 17.0. The number of fused-ring (bicyclic) bond motifs is 1. The van der Waals surface area contributed by atoms with Gasteiger partial charge in [0.05, 0.1) is 6.20 Å². The third-order valence-corrected chi connectivity index (χ3v) is 4.18. The second kappa shape index (κ2) is 7.03. The first-order chi connectivity index (χ1) is 13.1. The molecule has 2 aromatic heterocycles. The van der Waals surface area contributed by atoms with Crippen LogP contribution in [0.4, 0.5) is 4.39 Å². The molecule has 4 aromatic rings. The van der Waals surface area contributed by atoms with Crippen LogP contribution in [0.3, 0.4) is 0 Å². The number of aryl methyl sites for hydroxylation is 1. The van der Waals surface area contributed by atoms with Crippen molar-refractivity contribution in [3.8, 4) is 11.5 Å². The lowest BCUT2D eigenvalue weighted by atomic mass is 10.2. The summed E-state index contributed by atoms with van der Waals surface area (Å²) in [5.41, 5.74) is 3.20. The zero-order valence-electron chi connectivity index (χ0n) is 14.6. The summed E-state index contributed by atoms with van der Waals surface area (Å²) in [6, 6.07) is 11.1. The van der Waals surface area contributed by atoms with E-state index in [0.717, 1.165) is 5.56 Å². The molecule has 2 heterocycles. The predicted molar refractivity (Wildman–Crippen MR) is 98.6 cm³/mol. The molecule has 0 fully saturated rings. The molecule has 1 N–H and O–H groups in total. The van der Waals surface area contributed by atoms with Crippen molar-refractivity contribution in [2.45, 2.75) is 6.42 Å². The number of amides is 1. The maximum Gasteiger partial charge on any atom is 0.251 e. The van der Waals surface area contributed by atoms with Crippen LogP contribution in [0.1, 0.15) is 15.9 Å². The number of aromatic nitrogens is 3. The molecule has 0 bridgehead atoms. The third-order valence-electron chi connectivity index (χ3n) is 4.18. The summed E-state index contributed by atoms with van der Waals surface area (Å²) in [5, 5.41) is 6.98. The lowest BCUT2D eigenvalue weighted by molar-refractivity contribution is 0.0954. The molecule has 0 atom stereocenters. The maximum absolute atomic E-state index is 13.4. The summed E-state index contributed by atoms with van der Waals surface area (Å²) < 4.78 is 20.8. The fourth-order valence-electron chi connectivity index (χ4n) is 2.84. The third kappa shape index (κ3) is 3.72. The number of nitrogens with one attached hydrogen (secondary N) is 1. The van der Waals surface area contributed by atoms with Crippen molar-refractivity contribution in [3.63, 3.8) is 0 Å². The Morgan fingerprint density at radius 2 is 2.15 bits per heavy atom. The van der Waals surface area contributed by atoms with Gasteiger partial charge in [-0.1, -0.05) is 6.07 Å². The molecule has 0 saturated heterocycles. The lowest BCUT2D eigenvalue weighted by Gasteiger charge is -2.04. The minimum atomic E-state index is -0.358. The molecule has 7 heteroatoms. The van der Waals surface area contributed by atoms with Crippen molar-refractivity contribution in [1.29, 1.82) is 0 Å². The van der Waals surface area contributed by atoms with Crippen molar-refractivity contribution in [2.24, 2.45) is 7.05 Å². The number of rotatable bonds is 5. The molecule has 0 saturated carbocycles. The number of nitrogens with zero attached hydrogens (tertiary/aromatic N) is 3. The highest BCUT2D eigenvalue weighted by Crippen LogP contribution is 2.25. The normalized spacial score (nSPS) is 11.0. The molecule has 0 unspecified atom stereocenters. The number of hydrogen-bond acceptors (Lipinski definition) is 4. The standard InChI is InChI=1S/C20H17FN4O2/c1-25-12-13(11-23-25)7-8-22-19(26)14-5-6-18-17(10-14)24-20(27-18)15-3-2-4-16(21)9-15/h2-6,9-12H,7-8H2,1H3,(H,22,26). The Morgan fingerprint density at radius 1 is 1.26 bits per heavy atom. The van der Waals surface area contributed by atoms with Crippen molar-refractivity contribution in [3.05, 3.63) is 71.8 Å². The number of carbonyl (C=O) groups excluding carboxylic acids is 1. The number of carbonyl (C=O) groups is 1. The molecular formula is C20H17FN4O2. The molecule has 6 nitrogen and oxygen atoms in total. The first-order valence-electron chi connectivity index (χ1n) is 8.51. The van der Waals surface area contributed by atoms with Gasteiger partial charge in [-0.15, -0.1) is 0 Å². The molecule has 4 rings (SSSR count). The highest BCUT2D eigenvalue weighted by molar-refractivity contribution is 5.97. The minimum absolute atomic E-state index is 0.184. The van der Waals surface area contributed by atoms with Crippen LogP contribution in [0, 0.1) is 5.82 Å². The van der Waals surface area contributed by atoms with Crippen LogP contribution in [0.2, 0.25) is 0 Å². The fraction of sp³-hybridized carbons (Fsp3) is 0.150. The van der Waals surface area contributed by atoms with E-state index in [-0.39, 0.29) is 11.7 Å². The Labute approximate surface area is 154 Å². The van der Waals surface area contributed by atoms with E-state index >= 15 is 0 Å². The highest BCUT2D eigenvalue weighted by atomic mass is 19.1. The first-order valence-corrected chi connectivity index (χ1v) is 8.51. The Bertz CT molecular complexity index is 1120. The summed E-state index contributed by atoms with van der Waals surface area (Å²) in [6.07, 6.45) is 4.40. The summed E-state index contributed by atoms with van der Waals surface area (Å²) in [5.74, 6) is -0.224. The molecule has 0 radical (unpaired) electrons. The predicted octanol–water partition coefficient (Wildman–Crippen LogP) is 3.34. The van der Waals surface area contributed by atoms with Gasteiger partial charge in [-0.05, 0) is 48.4 Å². The van der Waals surface area contributed by atoms with E-state index in [1.54, 1.807) is 41.2 Å². The van der Waals surface area contributed by atoms with Crippen LogP contribution < -0.4 is 5.32 Å². The van der Waals surface area contributed by atoms with Gasteiger partial charge in [0.1, 0.15) is 11.3 Å². The van der Waals surface area contributed by atoms with E-state index in [0.29, 0.717) is 41.1 Å². The van der Waals surface area contributed by atoms with Crippen molar-refractivity contribution in [1.82, 2.24) is 20.1 Å². The molecule has 0 spiro atoms. The van der Waals surface area contributed by atoms with E-state index in [4.69, 9.17) is 4.42 Å². The molecule has 27 heavy (non-hydrogen) atoms. The second-order valence-electron chi connectivity index (χ2n) is 6.24. The van der Waals surface area contributed by atoms with E-state index in [9.17, 15) is 9.18 Å². The SMILES string of the molecule is Cn1cc(CCNC(=O)c2ccc3oc(-c4cccc(F)c4)nc3c2)cn1. The van der Waals surface area contributed by atoms with Crippen molar-refractivity contribution < 1.29 is 13.6 Å². The zero-order valence-corrected chi connectivity index (χ0v) is 14.6. The summed E-state index contributed by atoms with van der Waals surface area (Å²) >= 11 is 0. The molecular weight excluding hydrogens is 347 g/mol. The van der Waals surface area contributed by atoms with Crippen molar-refractivity contribution in [2.75, 3.05) is 6.54 Å². The number of hydrogen-bond donors (Lipinski definition) is 1. The molecule has 0 aliphatic heterocycles. The van der Waals surface area contributed by atoms with E-state index < -0.39 is 0 Å². The average molecular weight is 364 g/mol. The smallest absolute Gasteiger partial charge is 0.251 e. The van der Waals surface area contributed by atoms with Gasteiger partial charge in [-0.25, -0.2) is 9.37 Å². The van der Waals surface area contributed by atoms with E-state index in [2.05, 4.69) is 15.4 Å². The highest BCUT2D eigenvalue weighted by Gasteiger charge is 2.12. The van der Waals surface area contributed by atoms with Crippen LogP contribution in [-0.4, -0.2) is 27.2 Å². The Hall–Kier alpha value is -3.48. The summed E-state index contributed by atoms with van der Waals surface area (Å²) in [7, 11) is 1.85. The minimum Gasteiger partial charge on any atom is -0.436 e. The number of benzene rings is 2. The summed E-state index contributed by atoms with van der Waals surface area (Å²) in [4.78, 5) is 16.7. The molecule has 136 valence electrons. The van der Waals surface area contributed by atoms with Gasteiger partial charge in [-0.3, -0.25) is 9.48 Å². The van der Waals surface area contributed by atoms with Gasteiger partial charge in [0.2, 0.25) is 5.89 Å². The monoisotopic (exact) mass is 364 g/mol. The Balaban J connectivity index is 1.48. The summed E-state index contributed by atoms with van der Waals surface area (Å²) in [6.45, 7) is 0.510. The van der Waals surface area contributed by atoms with Crippen LogP contribution in [0.15, 0.2) is 59.3 Å². The second-order valence-corrected chi connectivity index (χ2v) is 6.24. The quantitative estimate of drug-likeness (QED) is 0.589. The van der Waals surface area contributed by atoms with Crippen LogP contribution in [0.5, 0.6) is 0 Å². The van der Waals surface area contributed by atoms with E-state index in [1.165, 1.54) is 12.1 Å². The Morgan fingerprint density at radius 3 is 2.93 bits per heavy atom. The largest absolute Gasteiger partial charge is 0.436 e. The van der Waals surface area contributed by atoms with Crippen molar-refractivity contribution >= 4 is 17.0 Å². The number of halogens is 1. The maximum atomic E-state index is 13.4. The zero-order chi connectivity index (χ0) is 18.8. The molecule has 0 aliphatic carbocycles. The van der Waals surface area contributed by atoms with Gasteiger partial charge in [0, 0.05) is 30.9 Å². The van der Waals surface area contributed by atoms with Gasteiger partial charge in [0.15, 0.2) is 5.58 Å². The Kier molecular flexibility index (Phi) is 4.42. The van der Waals surface area contributed by atoms with E-state index in [1.807, 2.05) is 13.2 Å². The molecule has 2 aromatic carbocycles. The van der Waals surface area contributed by atoms with Crippen LogP contribution in [0.25, 0.3) is 22.6 Å².